The summed E-state index contributed by atoms with van der Waals surface area (Å²) in [6.07, 6.45) is 6.90. The summed E-state index contributed by atoms with van der Waals surface area (Å²) in [7, 11) is 0. The average molecular weight is 276 g/mol. The van der Waals surface area contributed by atoms with Crippen molar-refractivity contribution in [2.45, 2.75) is 56.5 Å². The van der Waals surface area contributed by atoms with Gasteiger partial charge in [-0.05, 0) is 42.9 Å². The van der Waals surface area contributed by atoms with Crippen molar-refractivity contribution in [1.82, 2.24) is 5.32 Å². The Morgan fingerprint density at radius 3 is 2.75 bits per heavy atom. The number of fused-ring (bicyclic) bond motifs is 1. The fraction of sp³-hybridized carbons (Fsp3) is 0.562. The Morgan fingerprint density at radius 1 is 1.30 bits per heavy atom. The molecule has 1 aromatic rings. The van der Waals surface area contributed by atoms with Crippen LogP contribution in [-0.4, -0.2) is 11.9 Å². The maximum atomic E-state index is 13.9. The van der Waals surface area contributed by atoms with Crippen LogP contribution in [0.2, 0.25) is 0 Å². The maximum Gasteiger partial charge on any atom is 0.242 e. The Balaban J connectivity index is 1.95. The van der Waals surface area contributed by atoms with Crippen LogP contribution in [0.25, 0.3) is 0 Å². The number of hydrogen-bond donors (Lipinski definition) is 2. The molecule has 1 atom stereocenters. The first-order chi connectivity index (χ1) is 9.63. The zero-order chi connectivity index (χ0) is 14.2. The van der Waals surface area contributed by atoms with E-state index in [4.69, 9.17) is 5.73 Å². The highest BCUT2D eigenvalue weighted by atomic mass is 19.1. The molecule has 1 amide bonds. The second-order valence-corrected chi connectivity index (χ2v) is 6.01. The fourth-order valence-electron chi connectivity index (χ4n) is 3.73. The molecule has 2 aliphatic rings. The second kappa shape index (κ2) is 5.17. The summed E-state index contributed by atoms with van der Waals surface area (Å²) in [6, 6.07) is 5.27. The van der Waals surface area contributed by atoms with Crippen LogP contribution in [0.15, 0.2) is 18.2 Å². The molecule has 3 nitrogen and oxygen atoms in total. The molecule has 108 valence electrons. The highest BCUT2D eigenvalue weighted by molar-refractivity contribution is 5.87. The highest BCUT2D eigenvalue weighted by Crippen LogP contribution is 2.39. The van der Waals surface area contributed by atoms with Crippen LogP contribution in [0.1, 0.15) is 49.7 Å². The number of halogens is 1. The molecule has 0 bridgehead atoms. The van der Waals surface area contributed by atoms with Gasteiger partial charge in [-0.25, -0.2) is 4.39 Å². The number of carbonyl (C=O) groups excluding carboxylic acids is 1. The lowest BCUT2D eigenvalue weighted by atomic mass is 9.86. The molecule has 0 spiro atoms. The summed E-state index contributed by atoms with van der Waals surface area (Å²) in [5.41, 5.74) is 6.21. The van der Waals surface area contributed by atoms with Gasteiger partial charge in [-0.1, -0.05) is 31.4 Å². The summed E-state index contributed by atoms with van der Waals surface area (Å²) < 4.78 is 13.9. The molecule has 1 aromatic carbocycles. The Kier molecular flexibility index (Phi) is 3.50. The Hall–Kier alpha value is -1.42. The number of benzene rings is 1. The monoisotopic (exact) mass is 276 g/mol. The van der Waals surface area contributed by atoms with Crippen LogP contribution >= 0.6 is 0 Å². The maximum absolute atomic E-state index is 13.9. The van der Waals surface area contributed by atoms with Crippen LogP contribution in [0.4, 0.5) is 4.39 Å². The first kappa shape index (κ1) is 13.6. The van der Waals surface area contributed by atoms with Crippen molar-refractivity contribution >= 4 is 5.91 Å². The van der Waals surface area contributed by atoms with Crippen LogP contribution < -0.4 is 11.1 Å². The molecule has 1 fully saturated rings. The lowest BCUT2D eigenvalue weighted by Crippen LogP contribution is -2.55. The van der Waals surface area contributed by atoms with Gasteiger partial charge in [-0.3, -0.25) is 10.1 Å². The highest BCUT2D eigenvalue weighted by Gasteiger charge is 2.46. The molecule has 0 aliphatic heterocycles. The van der Waals surface area contributed by atoms with Crippen molar-refractivity contribution in [2.75, 3.05) is 0 Å². The Labute approximate surface area is 118 Å². The zero-order valence-electron chi connectivity index (χ0n) is 11.6. The third-order valence-corrected chi connectivity index (χ3v) is 4.80. The van der Waals surface area contributed by atoms with Crippen LogP contribution in [0.3, 0.4) is 0 Å². The van der Waals surface area contributed by atoms with Gasteiger partial charge >= 0.3 is 0 Å². The summed E-state index contributed by atoms with van der Waals surface area (Å²) in [5.74, 6) is -0.608. The molecular weight excluding hydrogens is 255 g/mol. The normalized spacial score (nSPS) is 26.4. The summed E-state index contributed by atoms with van der Waals surface area (Å²) in [6.45, 7) is 0. The Bertz CT molecular complexity index is 525. The van der Waals surface area contributed by atoms with Crippen molar-refractivity contribution in [1.29, 1.82) is 0 Å². The van der Waals surface area contributed by atoms with Gasteiger partial charge in [-0.15, -0.1) is 0 Å². The zero-order valence-corrected chi connectivity index (χ0v) is 11.6. The molecule has 20 heavy (non-hydrogen) atoms. The largest absolute Gasteiger partial charge is 0.368 e. The van der Waals surface area contributed by atoms with Crippen LogP contribution in [0, 0.1) is 5.82 Å². The van der Waals surface area contributed by atoms with Gasteiger partial charge in [0.15, 0.2) is 0 Å². The molecule has 1 unspecified atom stereocenters. The number of nitrogens with two attached hydrogens (primary N) is 1. The molecule has 4 heteroatoms. The molecule has 0 heterocycles. The van der Waals surface area contributed by atoms with Gasteiger partial charge in [0.2, 0.25) is 5.91 Å². The number of amides is 1. The van der Waals surface area contributed by atoms with E-state index < -0.39 is 5.54 Å². The number of carbonyl (C=O) groups is 1. The molecule has 0 radical (unpaired) electrons. The van der Waals surface area contributed by atoms with E-state index in [1.165, 1.54) is 25.3 Å². The molecule has 3 rings (SSSR count). The second-order valence-electron chi connectivity index (χ2n) is 6.01. The SMILES string of the molecule is NC(=O)C1(NC2CCCCC2)CCc2c(F)cccc21. The summed E-state index contributed by atoms with van der Waals surface area (Å²) in [5, 5.41) is 3.47. The lowest BCUT2D eigenvalue weighted by Gasteiger charge is -2.35. The minimum absolute atomic E-state index is 0.226. The van der Waals surface area contributed by atoms with Crippen molar-refractivity contribution in [3.63, 3.8) is 0 Å². The minimum Gasteiger partial charge on any atom is -0.368 e. The molecule has 0 aromatic heterocycles. The van der Waals surface area contributed by atoms with Crippen molar-refractivity contribution in [2.24, 2.45) is 5.73 Å². The van der Waals surface area contributed by atoms with E-state index in [9.17, 15) is 9.18 Å². The van der Waals surface area contributed by atoms with Gasteiger partial charge in [0.25, 0.3) is 0 Å². The van der Waals surface area contributed by atoms with E-state index in [-0.39, 0.29) is 11.7 Å². The summed E-state index contributed by atoms with van der Waals surface area (Å²) >= 11 is 0. The van der Waals surface area contributed by atoms with E-state index in [1.807, 2.05) is 6.07 Å². The first-order valence-electron chi connectivity index (χ1n) is 7.49. The number of nitrogens with one attached hydrogen (secondary N) is 1. The molecular formula is C16H21FN2O. The van der Waals surface area contributed by atoms with Gasteiger partial charge in [0.1, 0.15) is 11.4 Å². The lowest BCUT2D eigenvalue weighted by molar-refractivity contribution is -0.125. The van der Waals surface area contributed by atoms with Crippen molar-refractivity contribution < 1.29 is 9.18 Å². The van der Waals surface area contributed by atoms with E-state index >= 15 is 0 Å². The first-order valence-corrected chi connectivity index (χ1v) is 7.49. The van der Waals surface area contributed by atoms with Crippen LogP contribution in [-0.2, 0) is 16.8 Å². The van der Waals surface area contributed by atoms with Crippen LogP contribution in [0.5, 0.6) is 0 Å². The van der Waals surface area contributed by atoms with E-state index in [2.05, 4.69) is 5.32 Å². The van der Waals surface area contributed by atoms with E-state index in [1.54, 1.807) is 6.07 Å². The summed E-state index contributed by atoms with van der Waals surface area (Å²) in [4.78, 5) is 12.1. The van der Waals surface area contributed by atoms with Gasteiger partial charge in [0.05, 0.1) is 0 Å². The fourth-order valence-corrected chi connectivity index (χ4v) is 3.73. The third kappa shape index (κ3) is 2.12. The van der Waals surface area contributed by atoms with E-state index in [0.29, 0.717) is 24.4 Å². The predicted octanol–water partition coefficient (Wildman–Crippen LogP) is 2.37. The molecule has 3 N–H and O–H groups in total. The predicted molar refractivity (Wildman–Crippen MR) is 75.6 cm³/mol. The topological polar surface area (TPSA) is 55.1 Å². The molecule has 0 saturated heterocycles. The van der Waals surface area contributed by atoms with Crippen molar-refractivity contribution in [3.8, 4) is 0 Å². The van der Waals surface area contributed by atoms with Gasteiger partial charge in [-0.2, -0.15) is 0 Å². The smallest absolute Gasteiger partial charge is 0.242 e. The number of rotatable bonds is 3. The van der Waals surface area contributed by atoms with E-state index in [0.717, 1.165) is 18.4 Å². The van der Waals surface area contributed by atoms with Gasteiger partial charge < -0.3 is 5.73 Å². The Morgan fingerprint density at radius 2 is 2.05 bits per heavy atom. The quantitative estimate of drug-likeness (QED) is 0.890. The van der Waals surface area contributed by atoms with Crippen molar-refractivity contribution in [3.05, 3.63) is 35.1 Å². The minimum atomic E-state index is -0.876. The average Bonchev–Trinajstić information content (AvgIpc) is 2.82. The molecule has 2 aliphatic carbocycles. The molecule has 1 saturated carbocycles. The standard InChI is InChI=1S/C16H21FN2O/c17-14-8-4-7-13-12(14)9-10-16(13,15(18)20)19-11-5-2-1-3-6-11/h4,7-8,11,19H,1-3,5-6,9-10H2,(H2,18,20). The number of hydrogen-bond acceptors (Lipinski definition) is 2. The van der Waals surface area contributed by atoms with Gasteiger partial charge in [0, 0.05) is 6.04 Å². The third-order valence-electron chi connectivity index (χ3n) is 4.80. The number of primary amides is 1.